The minimum absolute atomic E-state index is 0.161. The number of hydrogen-bond acceptors (Lipinski definition) is 7. The van der Waals surface area contributed by atoms with E-state index in [1.165, 1.54) is 19.2 Å². The van der Waals surface area contributed by atoms with Gasteiger partial charge < -0.3 is 18.3 Å². The topological polar surface area (TPSA) is 96.0 Å². The zero-order valence-corrected chi connectivity index (χ0v) is 19.2. The van der Waals surface area contributed by atoms with Crippen LogP contribution in [0.4, 0.5) is 0 Å². The fourth-order valence-electron chi connectivity index (χ4n) is 3.65. The average molecular weight is 519 g/mol. The molecule has 0 spiro atoms. The Morgan fingerprint density at radius 1 is 0.882 bits per heavy atom. The van der Waals surface area contributed by atoms with Crippen LogP contribution in [-0.4, -0.2) is 13.1 Å². The third-order valence-corrected chi connectivity index (χ3v) is 5.77. The SMILES string of the molecule is COc1cccc2cc(-c3cc(=O)oc4cc(OC(=O)c5ccc(Br)cc5)ccc34)c(=O)oc12. The second-order valence-corrected chi connectivity index (χ2v) is 8.28. The first-order valence-electron chi connectivity index (χ1n) is 10.1. The quantitative estimate of drug-likeness (QED) is 0.174. The molecule has 0 aliphatic rings. The van der Waals surface area contributed by atoms with Crippen LogP contribution in [0.2, 0.25) is 0 Å². The summed E-state index contributed by atoms with van der Waals surface area (Å²) in [5, 5.41) is 1.12. The number of para-hydroxylation sites is 1. The average Bonchev–Trinajstić information content (AvgIpc) is 2.83. The lowest BCUT2D eigenvalue weighted by molar-refractivity contribution is 0.0735. The van der Waals surface area contributed by atoms with Crippen LogP contribution in [0, 0.1) is 0 Å². The number of esters is 1. The van der Waals surface area contributed by atoms with Crippen LogP contribution in [0.3, 0.4) is 0 Å². The zero-order chi connectivity index (χ0) is 23.8. The lowest BCUT2D eigenvalue weighted by Gasteiger charge is -2.09. The van der Waals surface area contributed by atoms with E-state index < -0.39 is 17.2 Å². The van der Waals surface area contributed by atoms with Gasteiger partial charge in [-0.05, 0) is 48.5 Å². The van der Waals surface area contributed by atoms with E-state index >= 15 is 0 Å². The number of methoxy groups -OCH3 is 1. The summed E-state index contributed by atoms with van der Waals surface area (Å²) in [6, 6.07) is 19.4. The molecule has 3 aromatic carbocycles. The Hall–Kier alpha value is -4.17. The monoisotopic (exact) mass is 518 g/mol. The van der Waals surface area contributed by atoms with Crippen LogP contribution in [0.25, 0.3) is 33.1 Å². The molecule has 0 bridgehead atoms. The Balaban J connectivity index is 1.59. The highest BCUT2D eigenvalue weighted by Gasteiger charge is 2.17. The van der Waals surface area contributed by atoms with Gasteiger partial charge in [-0.1, -0.05) is 28.1 Å². The summed E-state index contributed by atoms with van der Waals surface area (Å²) in [6.07, 6.45) is 0. The van der Waals surface area contributed by atoms with Crippen LogP contribution in [0.5, 0.6) is 11.5 Å². The summed E-state index contributed by atoms with van der Waals surface area (Å²) < 4.78 is 22.4. The van der Waals surface area contributed by atoms with Crippen molar-refractivity contribution < 1.29 is 23.1 Å². The molecule has 0 aliphatic heterocycles. The highest BCUT2D eigenvalue weighted by atomic mass is 79.9. The van der Waals surface area contributed by atoms with Crippen molar-refractivity contribution in [2.45, 2.75) is 0 Å². The smallest absolute Gasteiger partial charge is 0.344 e. The standard InChI is InChI=1S/C26H15BrO7/c1-31-21-4-2-3-15-11-20(26(30)34-24(15)21)19-13-23(28)33-22-12-17(9-10-18(19)22)32-25(29)14-5-7-16(27)8-6-14/h2-13H,1H3. The number of hydrogen-bond donors (Lipinski definition) is 0. The van der Waals surface area contributed by atoms with E-state index in [-0.39, 0.29) is 16.9 Å². The van der Waals surface area contributed by atoms with Crippen molar-refractivity contribution in [2.75, 3.05) is 7.11 Å². The number of ether oxygens (including phenoxy) is 2. The van der Waals surface area contributed by atoms with Crippen molar-refractivity contribution >= 4 is 43.8 Å². The van der Waals surface area contributed by atoms with Gasteiger partial charge in [0.05, 0.1) is 18.2 Å². The van der Waals surface area contributed by atoms with Crippen molar-refractivity contribution in [1.82, 2.24) is 0 Å². The van der Waals surface area contributed by atoms with Crippen LogP contribution in [0.1, 0.15) is 10.4 Å². The van der Waals surface area contributed by atoms with E-state index in [9.17, 15) is 14.4 Å². The Morgan fingerprint density at radius 3 is 2.44 bits per heavy atom. The Labute approximate surface area is 200 Å². The molecule has 0 saturated carbocycles. The lowest BCUT2D eigenvalue weighted by atomic mass is 10.0. The molecule has 2 aromatic heterocycles. The summed E-state index contributed by atoms with van der Waals surface area (Å²) in [5.41, 5.74) is 0.0806. The van der Waals surface area contributed by atoms with Gasteiger partial charge in [0, 0.05) is 32.9 Å². The number of fused-ring (bicyclic) bond motifs is 2. The number of halogens is 1. The van der Waals surface area contributed by atoms with Crippen molar-refractivity contribution in [3.05, 3.63) is 104 Å². The van der Waals surface area contributed by atoms with Gasteiger partial charge in [-0.2, -0.15) is 0 Å². The molecule has 7 nitrogen and oxygen atoms in total. The van der Waals surface area contributed by atoms with Gasteiger partial charge in [0.2, 0.25) is 0 Å². The second kappa shape index (κ2) is 8.64. The number of carbonyl (C=O) groups is 1. The molecule has 5 rings (SSSR count). The van der Waals surface area contributed by atoms with E-state index in [0.29, 0.717) is 33.2 Å². The maximum atomic E-state index is 12.8. The Morgan fingerprint density at radius 2 is 1.68 bits per heavy atom. The number of benzene rings is 3. The van der Waals surface area contributed by atoms with E-state index in [1.807, 2.05) is 0 Å². The summed E-state index contributed by atoms with van der Waals surface area (Å²) in [4.78, 5) is 37.6. The molecule has 0 N–H and O–H groups in total. The van der Waals surface area contributed by atoms with Gasteiger partial charge in [-0.25, -0.2) is 14.4 Å². The molecule has 5 aromatic rings. The summed E-state index contributed by atoms with van der Waals surface area (Å²) in [7, 11) is 1.49. The molecular formula is C26H15BrO7. The summed E-state index contributed by atoms with van der Waals surface area (Å²) in [6.45, 7) is 0. The highest BCUT2D eigenvalue weighted by molar-refractivity contribution is 9.10. The van der Waals surface area contributed by atoms with Crippen molar-refractivity contribution in [3.8, 4) is 22.6 Å². The highest BCUT2D eigenvalue weighted by Crippen LogP contribution is 2.32. The van der Waals surface area contributed by atoms with Crippen LogP contribution < -0.4 is 20.7 Å². The Kier molecular flexibility index (Phi) is 5.51. The fraction of sp³-hybridized carbons (Fsp3) is 0.0385. The first-order valence-corrected chi connectivity index (χ1v) is 10.9. The van der Waals surface area contributed by atoms with Gasteiger partial charge in [0.25, 0.3) is 0 Å². The molecule has 168 valence electrons. The van der Waals surface area contributed by atoms with Gasteiger partial charge in [0.15, 0.2) is 11.3 Å². The maximum Gasteiger partial charge on any atom is 0.344 e. The molecule has 2 heterocycles. The molecular weight excluding hydrogens is 504 g/mol. The third-order valence-electron chi connectivity index (χ3n) is 5.24. The van der Waals surface area contributed by atoms with Gasteiger partial charge >= 0.3 is 17.2 Å². The first kappa shape index (κ1) is 21.7. The minimum Gasteiger partial charge on any atom is -0.493 e. The van der Waals surface area contributed by atoms with E-state index in [2.05, 4.69) is 15.9 Å². The first-order chi connectivity index (χ1) is 16.4. The van der Waals surface area contributed by atoms with Crippen LogP contribution in [0.15, 0.2) is 95.7 Å². The molecule has 0 fully saturated rings. The fourth-order valence-corrected chi connectivity index (χ4v) is 3.91. The van der Waals surface area contributed by atoms with Gasteiger partial charge in [-0.3, -0.25) is 0 Å². The van der Waals surface area contributed by atoms with E-state index in [1.54, 1.807) is 60.7 Å². The van der Waals surface area contributed by atoms with Gasteiger partial charge in [0.1, 0.15) is 11.3 Å². The molecule has 8 heteroatoms. The van der Waals surface area contributed by atoms with Crippen LogP contribution >= 0.6 is 15.9 Å². The third kappa shape index (κ3) is 3.99. The predicted octanol–water partition coefficient (Wildman–Crippen LogP) is 5.56. The molecule has 0 aliphatic carbocycles. The number of rotatable bonds is 4. The lowest BCUT2D eigenvalue weighted by Crippen LogP contribution is -2.09. The molecule has 34 heavy (non-hydrogen) atoms. The largest absolute Gasteiger partial charge is 0.493 e. The van der Waals surface area contributed by atoms with Crippen molar-refractivity contribution in [2.24, 2.45) is 0 Å². The van der Waals surface area contributed by atoms with Crippen molar-refractivity contribution in [1.29, 1.82) is 0 Å². The van der Waals surface area contributed by atoms with E-state index in [0.717, 1.165) is 4.47 Å². The molecule has 0 amide bonds. The normalized spacial score (nSPS) is 11.0. The molecule has 0 radical (unpaired) electrons. The van der Waals surface area contributed by atoms with Crippen molar-refractivity contribution in [3.63, 3.8) is 0 Å². The van der Waals surface area contributed by atoms with Crippen LogP contribution in [-0.2, 0) is 0 Å². The van der Waals surface area contributed by atoms with E-state index in [4.69, 9.17) is 18.3 Å². The Bertz CT molecular complexity index is 1680. The molecule has 0 atom stereocenters. The molecule has 0 unspecified atom stereocenters. The van der Waals surface area contributed by atoms with Gasteiger partial charge in [-0.15, -0.1) is 0 Å². The minimum atomic E-state index is -0.663. The maximum absolute atomic E-state index is 12.8. The predicted molar refractivity (Wildman–Crippen MR) is 130 cm³/mol. The number of carbonyl (C=O) groups excluding carboxylic acids is 1. The summed E-state index contributed by atoms with van der Waals surface area (Å²) in [5.74, 6) is 0.0567. The second-order valence-electron chi connectivity index (χ2n) is 7.36. The zero-order valence-electron chi connectivity index (χ0n) is 17.7. The summed E-state index contributed by atoms with van der Waals surface area (Å²) >= 11 is 3.32. The molecule has 0 saturated heterocycles.